The van der Waals surface area contributed by atoms with Crippen LogP contribution < -0.4 is 20.5 Å². The number of nitrogens with one attached hydrogen (secondary N) is 2. The average Bonchev–Trinajstić information content (AvgIpc) is 2.60. The van der Waals surface area contributed by atoms with Gasteiger partial charge in [-0.1, -0.05) is 12.1 Å². The zero-order chi connectivity index (χ0) is 18.7. The lowest BCUT2D eigenvalue weighted by atomic mass is 10.0. The van der Waals surface area contributed by atoms with Gasteiger partial charge in [-0.2, -0.15) is 4.98 Å². The molecule has 0 spiro atoms. The number of hydrogen-bond acceptors (Lipinski definition) is 5. The number of aryl methyl sites for hydroxylation is 2. The van der Waals surface area contributed by atoms with E-state index in [4.69, 9.17) is 9.47 Å². The van der Waals surface area contributed by atoms with Crippen LogP contribution >= 0.6 is 0 Å². The maximum absolute atomic E-state index is 12.3. The quantitative estimate of drug-likeness (QED) is 0.845. The summed E-state index contributed by atoms with van der Waals surface area (Å²) in [6.07, 6.45) is 1.57. The fourth-order valence-electron chi connectivity index (χ4n) is 3.31. The monoisotopic (exact) mass is 357 g/mol. The molecule has 1 aliphatic rings. The first-order valence-corrected chi connectivity index (χ1v) is 8.62. The molecule has 3 rings (SSSR count). The highest BCUT2D eigenvalue weighted by molar-refractivity contribution is 5.76. The molecular formula is C19H23N3O4. The number of fused-ring (bicyclic) bond motifs is 1. The summed E-state index contributed by atoms with van der Waals surface area (Å²) in [7, 11) is 1.61. The van der Waals surface area contributed by atoms with Crippen LogP contribution in [-0.4, -0.2) is 35.6 Å². The van der Waals surface area contributed by atoms with Crippen molar-refractivity contribution in [3.63, 3.8) is 0 Å². The molecule has 26 heavy (non-hydrogen) atoms. The summed E-state index contributed by atoms with van der Waals surface area (Å²) in [5.74, 6) is 1.42. The second kappa shape index (κ2) is 7.59. The van der Waals surface area contributed by atoms with E-state index >= 15 is 0 Å². The summed E-state index contributed by atoms with van der Waals surface area (Å²) in [5.41, 5.74) is 3.01. The van der Waals surface area contributed by atoms with Crippen LogP contribution in [0.25, 0.3) is 0 Å². The van der Waals surface area contributed by atoms with Gasteiger partial charge in [0.15, 0.2) is 11.5 Å². The molecule has 1 unspecified atom stereocenters. The van der Waals surface area contributed by atoms with Crippen molar-refractivity contribution in [1.29, 1.82) is 0 Å². The summed E-state index contributed by atoms with van der Waals surface area (Å²) >= 11 is 0. The highest BCUT2D eigenvalue weighted by Gasteiger charge is 2.23. The van der Waals surface area contributed by atoms with Gasteiger partial charge < -0.3 is 19.8 Å². The summed E-state index contributed by atoms with van der Waals surface area (Å²) in [6.45, 7) is 4.02. The van der Waals surface area contributed by atoms with Gasteiger partial charge in [-0.05, 0) is 38.3 Å². The minimum absolute atomic E-state index is 0.0463. The van der Waals surface area contributed by atoms with E-state index in [2.05, 4.69) is 15.3 Å². The Kier molecular flexibility index (Phi) is 5.25. The van der Waals surface area contributed by atoms with Crippen molar-refractivity contribution in [2.75, 3.05) is 13.7 Å². The maximum atomic E-state index is 12.3. The predicted octanol–water partition coefficient (Wildman–Crippen LogP) is 1.45. The van der Waals surface area contributed by atoms with E-state index in [1.54, 1.807) is 14.0 Å². The van der Waals surface area contributed by atoms with Crippen molar-refractivity contribution < 1.29 is 14.3 Å². The number of carbonyl (C=O) groups is 1. The second-order valence-corrected chi connectivity index (χ2v) is 6.46. The fourth-order valence-corrected chi connectivity index (χ4v) is 3.31. The van der Waals surface area contributed by atoms with Crippen molar-refractivity contribution >= 4 is 5.91 Å². The Balaban J connectivity index is 1.59. The van der Waals surface area contributed by atoms with Crippen molar-refractivity contribution in [2.45, 2.75) is 39.2 Å². The van der Waals surface area contributed by atoms with Gasteiger partial charge in [0.1, 0.15) is 6.61 Å². The maximum Gasteiger partial charge on any atom is 0.345 e. The van der Waals surface area contributed by atoms with Crippen LogP contribution in [0.2, 0.25) is 0 Å². The van der Waals surface area contributed by atoms with Gasteiger partial charge in [-0.3, -0.25) is 4.79 Å². The first-order chi connectivity index (χ1) is 12.5. The molecule has 0 fully saturated rings. The van der Waals surface area contributed by atoms with Crippen LogP contribution in [0.1, 0.15) is 28.9 Å². The third-order valence-corrected chi connectivity index (χ3v) is 4.60. The smallest absolute Gasteiger partial charge is 0.345 e. The highest BCUT2D eigenvalue weighted by atomic mass is 16.5. The first-order valence-electron chi connectivity index (χ1n) is 8.62. The van der Waals surface area contributed by atoms with Crippen LogP contribution in [0.5, 0.6) is 11.5 Å². The van der Waals surface area contributed by atoms with Crippen molar-refractivity contribution in [1.82, 2.24) is 15.3 Å². The molecule has 0 saturated carbocycles. The Morgan fingerprint density at radius 1 is 1.42 bits per heavy atom. The molecule has 2 N–H and O–H groups in total. The largest absolute Gasteiger partial charge is 0.493 e. The van der Waals surface area contributed by atoms with E-state index < -0.39 is 0 Å². The number of carbonyl (C=O) groups excluding carboxylic acids is 1. The number of methoxy groups -OCH3 is 1. The Labute approximate surface area is 151 Å². The molecular weight excluding hydrogens is 334 g/mol. The molecule has 1 aromatic carbocycles. The SMILES string of the molecule is COc1cccc2c1OCC(NC(=O)CCc1c(C)nc(=O)[nH]c1C)C2. The summed E-state index contributed by atoms with van der Waals surface area (Å²) in [5, 5.41) is 3.02. The molecule has 1 amide bonds. The highest BCUT2D eigenvalue weighted by Crippen LogP contribution is 2.34. The van der Waals surface area contributed by atoms with Gasteiger partial charge in [0.2, 0.25) is 5.91 Å². The van der Waals surface area contributed by atoms with Crippen molar-refractivity contribution in [2.24, 2.45) is 0 Å². The van der Waals surface area contributed by atoms with Crippen LogP contribution in [0.3, 0.4) is 0 Å². The molecule has 1 atom stereocenters. The van der Waals surface area contributed by atoms with Gasteiger partial charge in [-0.15, -0.1) is 0 Å². The molecule has 7 heteroatoms. The number of aromatic nitrogens is 2. The lowest BCUT2D eigenvalue weighted by Crippen LogP contribution is -2.42. The van der Waals surface area contributed by atoms with Crippen LogP contribution in [0.15, 0.2) is 23.0 Å². The van der Waals surface area contributed by atoms with E-state index in [1.165, 1.54) is 0 Å². The van der Waals surface area contributed by atoms with Crippen LogP contribution in [-0.2, 0) is 17.6 Å². The number of aromatic amines is 1. The first kappa shape index (κ1) is 18.0. The third-order valence-electron chi connectivity index (χ3n) is 4.60. The number of amides is 1. The number of para-hydroxylation sites is 1. The predicted molar refractivity (Wildman–Crippen MR) is 96.8 cm³/mol. The molecule has 0 saturated heterocycles. The second-order valence-electron chi connectivity index (χ2n) is 6.46. The molecule has 2 heterocycles. The standard InChI is InChI=1S/C19H23N3O4/c1-11-15(12(2)21-19(24)20-11)7-8-17(23)22-14-9-13-5-4-6-16(25-3)18(13)26-10-14/h4-6,14H,7-10H2,1-3H3,(H,22,23)(H,20,21,24). The number of nitrogens with zero attached hydrogens (tertiary/aromatic N) is 1. The molecule has 2 aromatic rings. The molecule has 1 aliphatic heterocycles. The molecule has 138 valence electrons. The number of rotatable bonds is 5. The number of H-pyrrole nitrogens is 1. The van der Waals surface area contributed by atoms with E-state index in [-0.39, 0.29) is 17.6 Å². The Bertz CT molecular complexity index is 849. The van der Waals surface area contributed by atoms with Crippen LogP contribution in [0.4, 0.5) is 0 Å². The Morgan fingerprint density at radius 3 is 2.96 bits per heavy atom. The zero-order valence-electron chi connectivity index (χ0n) is 15.2. The van der Waals surface area contributed by atoms with Gasteiger partial charge >= 0.3 is 5.69 Å². The van der Waals surface area contributed by atoms with E-state index in [0.29, 0.717) is 37.3 Å². The Hall–Kier alpha value is -2.83. The van der Waals surface area contributed by atoms with E-state index in [9.17, 15) is 9.59 Å². The molecule has 0 aliphatic carbocycles. The van der Waals surface area contributed by atoms with Gasteiger partial charge in [-0.25, -0.2) is 4.79 Å². The van der Waals surface area contributed by atoms with Crippen molar-refractivity contribution in [3.05, 3.63) is 51.2 Å². The minimum atomic E-state index is -0.360. The minimum Gasteiger partial charge on any atom is -0.493 e. The molecule has 0 radical (unpaired) electrons. The fraction of sp³-hybridized carbons (Fsp3) is 0.421. The number of benzene rings is 1. The van der Waals surface area contributed by atoms with Gasteiger partial charge in [0, 0.05) is 23.4 Å². The Morgan fingerprint density at radius 2 is 2.23 bits per heavy atom. The van der Waals surface area contributed by atoms with Gasteiger partial charge in [0.25, 0.3) is 0 Å². The van der Waals surface area contributed by atoms with E-state index in [0.717, 1.165) is 22.6 Å². The molecule has 1 aromatic heterocycles. The average molecular weight is 357 g/mol. The summed E-state index contributed by atoms with van der Waals surface area (Å²) < 4.78 is 11.1. The normalized spacial score (nSPS) is 15.7. The van der Waals surface area contributed by atoms with Crippen LogP contribution in [0, 0.1) is 13.8 Å². The lowest BCUT2D eigenvalue weighted by molar-refractivity contribution is -0.122. The summed E-state index contributed by atoms with van der Waals surface area (Å²) in [6, 6.07) is 5.69. The van der Waals surface area contributed by atoms with E-state index in [1.807, 2.05) is 25.1 Å². The lowest BCUT2D eigenvalue weighted by Gasteiger charge is -2.27. The van der Waals surface area contributed by atoms with Crippen molar-refractivity contribution in [3.8, 4) is 11.5 Å². The topological polar surface area (TPSA) is 93.3 Å². The molecule has 0 bridgehead atoms. The summed E-state index contributed by atoms with van der Waals surface area (Å²) in [4.78, 5) is 30.2. The number of hydrogen-bond donors (Lipinski definition) is 2. The number of ether oxygens (including phenoxy) is 2. The molecule has 7 nitrogen and oxygen atoms in total. The third kappa shape index (κ3) is 3.87. The zero-order valence-corrected chi connectivity index (χ0v) is 15.2. The van der Waals surface area contributed by atoms with Gasteiger partial charge in [0.05, 0.1) is 13.2 Å².